The highest BCUT2D eigenvalue weighted by molar-refractivity contribution is 9.09. The highest BCUT2D eigenvalue weighted by Crippen LogP contribution is 2.18. The molecular formula is C13H12BrN. The summed E-state index contributed by atoms with van der Waals surface area (Å²) in [4.78, 5) is 4.41. The molecule has 2 aromatic rings. The fourth-order valence-electron chi connectivity index (χ4n) is 1.55. The van der Waals surface area contributed by atoms with Gasteiger partial charge >= 0.3 is 0 Å². The Bertz CT molecular complexity index is 497. The van der Waals surface area contributed by atoms with E-state index in [2.05, 4.69) is 58.2 Å². The molecule has 1 nitrogen and oxygen atoms in total. The van der Waals surface area contributed by atoms with Gasteiger partial charge in [-0.3, -0.25) is 4.98 Å². The monoisotopic (exact) mass is 261 g/mol. The van der Waals surface area contributed by atoms with Gasteiger partial charge in [0, 0.05) is 22.5 Å². The number of allylic oxidation sites excluding steroid dienone is 1. The number of fused-ring (bicyclic) bond motifs is 1. The van der Waals surface area contributed by atoms with Crippen molar-refractivity contribution < 1.29 is 0 Å². The fraction of sp³-hybridized carbons (Fsp3) is 0.154. The number of halogens is 1. The lowest BCUT2D eigenvalue weighted by Gasteiger charge is -2.01. The summed E-state index contributed by atoms with van der Waals surface area (Å²) in [6, 6.07) is 10.3. The van der Waals surface area contributed by atoms with Gasteiger partial charge in [0.2, 0.25) is 0 Å². The molecule has 15 heavy (non-hydrogen) atoms. The summed E-state index contributed by atoms with van der Waals surface area (Å²) in [5, 5.41) is 2.09. The number of hydrogen-bond acceptors (Lipinski definition) is 1. The Kier molecular flexibility index (Phi) is 3.17. The van der Waals surface area contributed by atoms with Crippen LogP contribution in [0.2, 0.25) is 0 Å². The lowest BCUT2D eigenvalue weighted by Crippen LogP contribution is -1.84. The number of alkyl halides is 1. The molecule has 0 aliphatic rings. The van der Waals surface area contributed by atoms with Gasteiger partial charge in [-0.05, 0) is 13.0 Å². The van der Waals surface area contributed by atoms with Crippen molar-refractivity contribution in [3.05, 3.63) is 47.7 Å². The van der Waals surface area contributed by atoms with Crippen LogP contribution in [0.25, 0.3) is 17.0 Å². The van der Waals surface area contributed by atoms with E-state index in [1.54, 1.807) is 0 Å². The molecule has 0 atom stereocenters. The van der Waals surface area contributed by atoms with E-state index < -0.39 is 0 Å². The van der Waals surface area contributed by atoms with Crippen molar-refractivity contribution in [2.75, 3.05) is 5.33 Å². The molecule has 0 fully saturated rings. The number of benzene rings is 1. The van der Waals surface area contributed by atoms with Crippen molar-refractivity contribution >= 4 is 32.9 Å². The molecule has 0 radical (unpaired) electrons. The molecule has 0 spiro atoms. The van der Waals surface area contributed by atoms with Crippen LogP contribution in [-0.2, 0) is 0 Å². The van der Waals surface area contributed by atoms with Gasteiger partial charge in [0.1, 0.15) is 0 Å². The predicted octanol–water partition coefficient (Wildman–Crippen LogP) is 4.03. The van der Waals surface area contributed by atoms with E-state index in [0.29, 0.717) is 0 Å². The number of aromatic nitrogens is 1. The third kappa shape index (κ3) is 2.26. The lowest BCUT2D eigenvalue weighted by molar-refractivity contribution is 1.39. The topological polar surface area (TPSA) is 12.9 Å². The summed E-state index contributed by atoms with van der Waals surface area (Å²) in [5.41, 5.74) is 3.55. The zero-order valence-corrected chi connectivity index (χ0v) is 10.2. The Balaban J connectivity index is 2.61. The first-order valence-electron chi connectivity index (χ1n) is 4.88. The zero-order valence-electron chi connectivity index (χ0n) is 8.57. The minimum Gasteiger partial charge on any atom is -0.256 e. The fourth-order valence-corrected chi connectivity index (χ4v) is 1.71. The Labute approximate surface area is 98.0 Å². The first-order valence-corrected chi connectivity index (χ1v) is 6.00. The molecule has 0 saturated heterocycles. The molecule has 0 amide bonds. The van der Waals surface area contributed by atoms with E-state index in [-0.39, 0.29) is 0 Å². The Hall–Kier alpha value is -1.15. The molecular weight excluding hydrogens is 250 g/mol. The molecule has 2 rings (SSSR count). The number of hydrogen-bond donors (Lipinski definition) is 0. The van der Waals surface area contributed by atoms with Crippen molar-refractivity contribution in [2.24, 2.45) is 0 Å². The minimum atomic E-state index is 0.899. The van der Waals surface area contributed by atoms with Gasteiger partial charge in [-0.25, -0.2) is 0 Å². The van der Waals surface area contributed by atoms with Crippen molar-refractivity contribution in [3.63, 3.8) is 0 Å². The number of rotatable bonds is 2. The van der Waals surface area contributed by atoms with E-state index in [1.807, 2.05) is 12.3 Å². The smallest absolute Gasteiger partial charge is 0.0774 e. The second-order valence-corrected chi connectivity index (χ2v) is 4.11. The van der Waals surface area contributed by atoms with Crippen molar-refractivity contribution in [1.82, 2.24) is 4.98 Å². The van der Waals surface area contributed by atoms with Crippen LogP contribution < -0.4 is 0 Å². The van der Waals surface area contributed by atoms with Crippen molar-refractivity contribution in [3.8, 4) is 0 Å². The molecule has 0 bridgehead atoms. The van der Waals surface area contributed by atoms with E-state index in [0.717, 1.165) is 10.8 Å². The molecule has 1 heterocycles. The van der Waals surface area contributed by atoms with Crippen molar-refractivity contribution in [2.45, 2.75) is 6.92 Å². The van der Waals surface area contributed by atoms with Gasteiger partial charge in [-0.1, -0.05) is 51.8 Å². The number of para-hydroxylation sites is 1. The SMILES string of the molecule is CC(=Cc1cccc2cccnc12)CBr. The number of pyridine rings is 1. The highest BCUT2D eigenvalue weighted by atomic mass is 79.9. The predicted molar refractivity (Wildman–Crippen MR) is 69.2 cm³/mol. The quantitative estimate of drug-likeness (QED) is 0.744. The molecule has 0 aliphatic carbocycles. The average Bonchev–Trinajstić information content (AvgIpc) is 2.29. The summed E-state index contributed by atoms with van der Waals surface area (Å²) in [5.74, 6) is 0. The third-order valence-corrected chi connectivity index (χ3v) is 3.16. The third-order valence-electron chi connectivity index (χ3n) is 2.28. The summed E-state index contributed by atoms with van der Waals surface area (Å²) in [7, 11) is 0. The Morgan fingerprint density at radius 2 is 2.13 bits per heavy atom. The molecule has 1 aromatic carbocycles. The van der Waals surface area contributed by atoms with Gasteiger partial charge in [-0.2, -0.15) is 0 Å². The van der Waals surface area contributed by atoms with Crippen LogP contribution in [-0.4, -0.2) is 10.3 Å². The second-order valence-electron chi connectivity index (χ2n) is 3.55. The Morgan fingerprint density at radius 1 is 1.33 bits per heavy atom. The van der Waals surface area contributed by atoms with Gasteiger partial charge < -0.3 is 0 Å². The summed E-state index contributed by atoms with van der Waals surface area (Å²) >= 11 is 3.45. The standard InChI is InChI=1S/C13H12BrN/c1-10(9-14)8-12-5-2-4-11-6-3-7-15-13(11)12/h2-8H,9H2,1H3. The summed E-state index contributed by atoms with van der Waals surface area (Å²) in [6.07, 6.45) is 4.01. The highest BCUT2D eigenvalue weighted by Gasteiger charge is 1.98. The molecule has 0 unspecified atom stereocenters. The second kappa shape index (κ2) is 4.58. The first kappa shape index (κ1) is 10.4. The van der Waals surface area contributed by atoms with Crippen LogP contribution in [0.4, 0.5) is 0 Å². The maximum absolute atomic E-state index is 4.41. The maximum atomic E-state index is 4.41. The summed E-state index contributed by atoms with van der Waals surface area (Å²) in [6.45, 7) is 2.11. The largest absolute Gasteiger partial charge is 0.256 e. The van der Waals surface area contributed by atoms with Gasteiger partial charge in [-0.15, -0.1) is 0 Å². The van der Waals surface area contributed by atoms with Crippen LogP contribution >= 0.6 is 15.9 Å². The van der Waals surface area contributed by atoms with Crippen LogP contribution in [0.3, 0.4) is 0 Å². The van der Waals surface area contributed by atoms with Crippen LogP contribution in [0.5, 0.6) is 0 Å². The van der Waals surface area contributed by atoms with Gasteiger partial charge in [0.15, 0.2) is 0 Å². The van der Waals surface area contributed by atoms with E-state index in [9.17, 15) is 0 Å². The molecule has 2 heteroatoms. The van der Waals surface area contributed by atoms with E-state index >= 15 is 0 Å². The van der Waals surface area contributed by atoms with Gasteiger partial charge in [0.05, 0.1) is 5.52 Å². The van der Waals surface area contributed by atoms with Gasteiger partial charge in [0.25, 0.3) is 0 Å². The molecule has 76 valence electrons. The minimum absolute atomic E-state index is 0.899. The van der Waals surface area contributed by atoms with Crippen LogP contribution in [0, 0.1) is 0 Å². The number of nitrogens with zero attached hydrogens (tertiary/aromatic N) is 1. The average molecular weight is 262 g/mol. The molecule has 1 aromatic heterocycles. The Morgan fingerprint density at radius 3 is 2.93 bits per heavy atom. The molecule has 0 N–H and O–H groups in total. The first-order chi connectivity index (χ1) is 7.31. The maximum Gasteiger partial charge on any atom is 0.0774 e. The van der Waals surface area contributed by atoms with E-state index in [1.165, 1.54) is 16.5 Å². The summed E-state index contributed by atoms with van der Waals surface area (Å²) < 4.78 is 0. The lowest BCUT2D eigenvalue weighted by atomic mass is 10.1. The van der Waals surface area contributed by atoms with E-state index in [4.69, 9.17) is 0 Å². The zero-order chi connectivity index (χ0) is 10.7. The molecule has 0 aliphatic heterocycles. The van der Waals surface area contributed by atoms with Crippen LogP contribution in [0.15, 0.2) is 42.1 Å². The normalized spacial score (nSPS) is 12.0. The molecule has 0 saturated carbocycles. The van der Waals surface area contributed by atoms with Crippen LogP contribution in [0.1, 0.15) is 12.5 Å². The van der Waals surface area contributed by atoms with Crippen molar-refractivity contribution in [1.29, 1.82) is 0 Å².